The first-order valence-corrected chi connectivity index (χ1v) is 12.6. The minimum Gasteiger partial charge on any atom is -0.494 e. The van der Waals surface area contributed by atoms with Gasteiger partial charge in [-0.15, -0.1) is 0 Å². The second kappa shape index (κ2) is 11.4. The summed E-state index contributed by atoms with van der Waals surface area (Å²) < 4.78 is 6.05. The van der Waals surface area contributed by atoms with Gasteiger partial charge in [0.25, 0.3) is 0 Å². The molecule has 0 spiro atoms. The SMILES string of the molecule is CCCCCCCCOc1ccc(C2c3ccc(C)cc3CCC2c2ccccc2)cc1. The smallest absolute Gasteiger partial charge is 0.119 e. The lowest BCUT2D eigenvalue weighted by Gasteiger charge is -2.35. The van der Waals surface area contributed by atoms with Gasteiger partial charge in [-0.05, 0) is 66.5 Å². The van der Waals surface area contributed by atoms with Crippen molar-refractivity contribution in [2.24, 2.45) is 0 Å². The fourth-order valence-corrected chi connectivity index (χ4v) is 5.26. The van der Waals surface area contributed by atoms with Gasteiger partial charge in [0.15, 0.2) is 0 Å². The van der Waals surface area contributed by atoms with Crippen molar-refractivity contribution in [2.45, 2.75) is 77.0 Å². The Morgan fingerprint density at radius 1 is 0.781 bits per heavy atom. The zero-order chi connectivity index (χ0) is 22.2. The summed E-state index contributed by atoms with van der Waals surface area (Å²) in [6.45, 7) is 5.29. The van der Waals surface area contributed by atoms with Crippen molar-refractivity contribution >= 4 is 0 Å². The fourth-order valence-electron chi connectivity index (χ4n) is 5.26. The van der Waals surface area contributed by atoms with Crippen LogP contribution in [0.4, 0.5) is 0 Å². The minimum absolute atomic E-state index is 0.398. The largest absolute Gasteiger partial charge is 0.494 e. The van der Waals surface area contributed by atoms with Crippen LogP contribution in [0.1, 0.15) is 91.5 Å². The van der Waals surface area contributed by atoms with Crippen LogP contribution in [-0.2, 0) is 6.42 Å². The maximum Gasteiger partial charge on any atom is 0.119 e. The molecule has 0 aliphatic heterocycles. The van der Waals surface area contributed by atoms with Gasteiger partial charge < -0.3 is 4.74 Å². The normalized spacial score (nSPS) is 17.7. The van der Waals surface area contributed by atoms with E-state index in [0.29, 0.717) is 11.8 Å². The second-order valence-electron chi connectivity index (χ2n) is 9.42. The highest BCUT2D eigenvalue weighted by molar-refractivity contribution is 5.47. The molecule has 0 radical (unpaired) electrons. The Hall–Kier alpha value is -2.54. The molecule has 0 saturated carbocycles. The number of benzene rings is 3. The van der Waals surface area contributed by atoms with Crippen molar-refractivity contribution in [3.63, 3.8) is 0 Å². The third kappa shape index (κ3) is 5.63. The van der Waals surface area contributed by atoms with E-state index in [0.717, 1.165) is 25.2 Å². The molecular formula is C31H38O. The first-order valence-electron chi connectivity index (χ1n) is 12.6. The van der Waals surface area contributed by atoms with Crippen molar-refractivity contribution in [1.82, 2.24) is 0 Å². The molecule has 4 rings (SSSR count). The fraction of sp³-hybridized carbons (Fsp3) is 0.419. The summed E-state index contributed by atoms with van der Waals surface area (Å²) in [6.07, 6.45) is 10.1. The highest BCUT2D eigenvalue weighted by Gasteiger charge is 2.31. The summed E-state index contributed by atoms with van der Waals surface area (Å²) >= 11 is 0. The van der Waals surface area contributed by atoms with Gasteiger partial charge in [-0.25, -0.2) is 0 Å². The van der Waals surface area contributed by atoms with Gasteiger partial charge in [-0.1, -0.05) is 105 Å². The molecule has 0 N–H and O–H groups in total. The van der Waals surface area contributed by atoms with Crippen LogP contribution < -0.4 is 4.74 Å². The van der Waals surface area contributed by atoms with Crippen LogP contribution in [-0.4, -0.2) is 6.61 Å². The molecule has 0 amide bonds. The number of rotatable bonds is 10. The molecule has 2 atom stereocenters. The zero-order valence-electron chi connectivity index (χ0n) is 19.9. The topological polar surface area (TPSA) is 9.23 Å². The second-order valence-corrected chi connectivity index (χ2v) is 9.42. The molecule has 2 unspecified atom stereocenters. The van der Waals surface area contributed by atoms with E-state index in [1.807, 2.05) is 0 Å². The Kier molecular flexibility index (Phi) is 8.04. The van der Waals surface area contributed by atoms with Crippen molar-refractivity contribution in [2.75, 3.05) is 6.61 Å². The van der Waals surface area contributed by atoms with Gasteiger partial charge in [0.1, 0.15) is 5.75 Å². The van der Waals surface area contributed by atoms with E-state index in [4.69, 9.17) is 4.74 Å². The standard InChI is InChI=1S/C31H38O/c1-3-4-5-6-7-11-22-32-28-18-15-26(16-19-28)31-29(25-12-9-8-10-13-25)21-17-27-23-24(2)14-20-30(27)31/h8-10,12-16,18-20,23,29,31H,3-7,11,17,21-22H2,1-2H3. The Labute approximate surface area is 194 Å². The van der Waals surface area contributed by atoms with Crippen molar-refractivity contribution in [1.29, 1.82) is 0 Å². The Balaban J connectivity index is 1.48. The van der Waals surface area contributed by atoms with Crippen LogP contribution in [0.5, 0.6) is 5.75 Å². The summed E-state index contributed by atoms with van der Waals surface area (Å²) in [5.74, 6) is 1.91. The Bertz CT molecular complexity index is 958. The molecule has 3 aromatic rings. The van der Waals surface area contributed by atoms with Crippen LogP contribution >= 0.6 is 0 Å². The molecule has 0 heterocycles. The molecule has 1 aliphatic carbocycles. The van der Waals surface area contributed by atoms with Gasteiger partial charge in [0.05, 0.1) is 6.61 Å². The monoisotopic (exact) mass is 426 g/mol. The average molecular weight is 427 g/mol. The molecule has 0 fully saturated rings. The summed E-state index contributed by atoms with van der Waals surface area (Å²) in [5.41, 5.74) is 7.23. The number of fused-ring (bicyclic) bond motifs is 1. The van der Waals surface area contributed by atoms with Crippen LogP contribution in [0.15, 0.2) is 72.8 Å². The lowest BCUT2D eigenvalue weighted by molar-refractivity contribution is 0.304. The molecule has 1 heteroatoms. The van der Waals surface area contributed by atoms with Crippen molar-refractivity contribution in [3.05, 3.63) is 101 Å². The molecule has 3 aromatic carbocycles. The van der Waals surface area contributed by atoms with E-state index in [9.17, 15) is 0 Å². The molecule has 32 heavy (non-hydrogen) atoms. The number of hydrogen-bond donors (Lipinski definition) is 0. The van der Waals surface area contributed by atoms with E-state index in [2.05, 4.69) is 86.6 Å². The van der Waals surface area contributed by atoms with E-state index in [-0.39, 0.29) is 0 Å². The number of aryl methyl sites for hydroxylation is 2. The summed E-state index contributed by atoms with van der Waals surface area (Å²) in [7, 11) is 0. The highest BCUT2D eigenvalue weighted by Crippen LogP contribution is 2.46. The van der Waals surface area contributed by atoms with Crippen LogP contribution in [0.25, 0.3) is 0 Å². The van der Waals surface area contributed by atoms with Gasteiger partial charge in [0.2, 0.25) is 0 Å². The summed E-state index contributed by atoms with van der Waals surface area (Å²) in [5, 5.41) is 0. The van der Waals surface area contributed by atoms with Crippen LogP contribution in [0.2, 0.25) is 0 Å². The van der Waals surface area contributed by atoms with Crippen LogP contribution in [0.3, 0.4) is 0 Å². The van der Waals surface area contributed by atoms with Crippen molar-refractivity contribution in [3.8, 4) is 5.75 Å². The van der Waals surface area contributed by atoms with Crippen molar-refractivity contribution < 1.29 is 4.74 Å². The average Bonchev–Trinajstić information content (AvgIpc) is 2.83. The van der Waals surface area contributed by atoms with E-state index in [1.54, 1.807) is 0 Å². The first kappa shape index (κ1) is 22.6. The van der Waals surface area contributed by atoms with Crippen LogP contribution in [0, 0.1) is 6.92 Å². The Morgan fingerprint density at radius 3 is 2.31 bits per heavy atom. The molecule has 168 valence electrons. The lowest BCUT2D eigenvalue weighted by atomic mass is 9.69. The lowest BCUT2D eigenvalue weighted by Crippen LogP contribution is -2.20. The number of hydrogen-bond acceptors (Lipinski definition) is 1. The maximum absolute atomic E-state index is 6.05. The summed E-state index contributed by atoms with van der Waals surface area (Å²) in [4.78, 5) is 0. The highest BCUT2D eigenvalue weighted by atomic mass is 16.5. The predicted molar refractivity (Wildman–Crippen MR) is 136 cm³/mol. The molecule has 0 saturated heterocycles. The molecule has 0 aromatic heterocycles. The zero-order valence-corrected chi connectivity index (χ0v) is 19.9. The van der Waals surface area contributed by atoms with Gasteiger partial charge in [0, 0.05) is 5.92 Å². The van der Waals surface area contributed by atoms with Gasteiger partial charge in [-0.3, -0.25) is 0 Å². The maximum atomic E-state index is 6.05. The number of ether oxygens (including phenoxy) is 1. The minimum atomic E-state index is 0.398. The molecule has 1 nitrogen and oxygen atoms in total. The number of unbranched alkanes of at least 4 members (excludes halogenated alkanes) is 5. The van der Waals surface area contributed by atoms with E-state index in [1.165, 1.54) is 66.3 Å². The third-order valence-corrected chi connectivity index (χ3v) is 6.99. The quantitative estimate of drug-likeness (QED) is 0.295. The third-order valence-electron chi connectivity index (χ3n) is 6.99. The van der Waals surface area contributed by atoms with Gasteiger partial charge in [-0.2, -0.15) is 0 Å². The predicted octanol–water partition coefficient (Wildman–Crippen LogP) is 8.60. The molecular weight excluding hydrogens is 388 g/mol. The van der Waals surface area contributed by atoms with E-state index < -0.39 is 0 Å². The summed E-state index contributed by atoms with van der Waals surface area (Å²) in [6, 6.07) is 27.1. The Morgan fingerprint density at radius 2 is 1.53 bits per heavy atom. The molecule has 1 aliphatic rings. The van der Waals surface area contributed by atoms with Gasteiger partial charge >= 0.3 is 0 Å². The molecule has 0 bridgehead atoms. The first-order chi connectivity index (χ1) is 15.8. The van der Waals surface area contributed by atoms with E-state index >= 15 is 0 Å².